The van der Waals surface area contributed by atoms with Crippen LogP contribution in [-0.2, 0) is 67.1 Å². The van der Waals surface area contributed by atoms with Gasteiger partial charge < -0.3 is 36.8 Å². The van der Waals surface area contributed by atoms with Gasteiger partial charge in [-0.15, -0.1) is 0 Å². The average molecular weight is 932 g/mol. The molecule has 0 bridgehead atoms. The van der Waals surface area contributed by atoms with Crippen molar-refractivity contribution in [2.45, 2.75) is 135 Å². The summed E-state index contributed by atoms with van der Waals surface area (Å²) in [6.45, 7) is 5.53. The molecule has 0 spiro atoms. The Balaban J connectivity index is 8.61. The third-order valence-corrected chi connectivity index (χ3v) is 8.57. The Kier molecular flexibility index (Phi) is 25.1. The first-order chi connectivity index (χ1) is 30.0. The highest BCUT2D eigenvalue weighted by Crippen LogP contribution is 2.19. The summed E-state index contributed by atoms with van der Waals surface area (Å²) in [4.78, 5) is 176. The van der Waals surface area contributed by atoms with Crippen molar-refractivity contribution in [3.63, 3.8) is 0 Å². The van der Waals surface area contributed by atoms with E-state index < -0.39 is 157 Å². The van der Waals surface area contributed by atoms with Gasteiger partial charge in [-0.1, -0.05) is 6.42 Å². The number of aliphatic carboxylic acids is 4. The number of nitrogens with one attached hydrogen (secondary N) is 10. The summed E-state index contributed by atoms with van der Waals surface area (Å²) in [5.41, 5.74) is 3.19. The number of carboxylic acid groups (broad SMARTS) is 4. The summed E-state index contributed by atoms with van der Waals surface area (Å²) < 4.78 is 0. The van der Waals surface area contributed by atoms with Gasteiger partial charge in [-0.2, -0.15) is 0 Å². The van der Waals surface area contributed by atoms with E-state index in [0.29, 0.717) is 0 Å². The maximum Gasteiger partial charge on any atom is 0.305 e. The highest BCUT2D eigenvalue weighted by molar-refractivity contribution is 6.01. The smallest absolute Gasteiger partial charge is 0.305 e. The van der Waals surface area contributed by atoms with E-state index in [1.165, 1.54) is 0 Å². The number of carboxylic acids is 4. The first-order valence-corrected chi connectivity index (χ1v) is 19.5. The maximum atomic E-state index is 14.1. The van der Waals surface area contributed by atoms with Gasteiger partial charge in [-0.05, 0) is 26.3 Å². The Labute approximate surface area is 370 Å². The summed E-state index contributed by atoms with van der Waals surface area (Å²) in [7, 11) is 0. The highest BCUT2D eigenvalue weighted by atomic mass is 16.4. The van der Waals surface area contributed by atoms with E-state index in [-0.39, 0.29) is 25.8 Å². The summed E-state index contributed by atoms with van der Waals surface area (Å²) in [6, 6.07) is -12.1. The summed E-state index contributed by atoms with van der Waals surface area (Å²) in [5, 5.41) is 61.3. The zero-order valence-electron chi connectivity index (χ0n) is 36.3. The van der Waals surface area contributed by atoms with E-state index in [4.69, 9.17) is 5.73 Å². The van der Waals surface area contributed by atoms with Crippen LogP contribution in [0.1, 0.15) is 86.5 Å². The van der Waals surface area contributed by atoms with E-state index in [9.17, 15) is 87.5 Å². The molecule has 0 radical (unpaired) electrons. The van der Waals surface area contributed by atoms with E-state index in [1.54, 1.807) is 0 Å². The van der Waals surface area contributed by atoms with Gasteiger partial charge in [0.2, 0.25) is 59.1 Å². The monoisotopic (exact) mass is 931 g/mol. The van der Waals surface area contributed by atoms with Gasteiger partial charge in [-0.25, -0.2) is 0 Å². The standard InChI is InChI=1S/C36H57N11O18/c1-15(48)38-32(62)21(11-25(53)54)42-29(30(43-22(12-26(55)56)33(63)39-16(2)49)44-23(13-27(57)58)34(64)40-17(3)50)36(6,46-19(5)52)47-20(9-7-8-10-37)31(61)45-24(14-28(59)60)35(65)41-18(4)51/h20-24,29-30,42-44,47H,7-14,37H2,1-6H3,(H,45,61)(H,46,52)(H,53,54)(H,55,56)(H,57,58)(H,59,60)(H,38,48,62)(H,39,49,63)(H,40,50,64)(H,41,51,65)/t20-,21-,22-,23-,24-,29?,36?/m0/s1. The first kappa shape index (κ1) is 58.2. The van der Waals surface area contributed by atoms with Crippen LogP contribution in [0.2, 0.25) is 0 Å². The van der Waals surface area contributed by atoms with Crippen molar-refractivity contribution in [2.24, 2.45) is 5.73 Å². The quantitative estimate of drug-likeness (QED) is 0.0245. The van der Waals surface area contributed by atoms with Gasteiger partial charge in [0.15, 0.2) is 0 Å². The van der Waals surface area contributed by atoms with Crippen molar-refractivity contribution >= 4 is 82.9 Å². The molecule has 7 atom stereocenters. The molecule has 0 rings (SSSR count). The molecule has 0 aromatic heterocycles. The van der Waals surface area contributed by atoms with Crippen LogP contribution in [0, 0.1) is 0 Å². The van der Waals surface area contributed by atoms with Gasteiger partial charge in [0.25, 0.3) is 0 Å². The number of nitrogens with two attached hydrogens (primary N) is 1. The molecule has 2 unspecified atom stereocenters. The Morgan fingerprint density at radius 1 is 0.462 bits per heavy atom. The summed E-state index contributed by atoms with van der Waals surface area (Å²) in [6.07, 6.45) is -6.93. The molecule has 29 nitrogen and oxygen atoms in total. The summed E-state index contributed by atoms with van der Waals surface area (Å²) in [5.74, 6) is -18.3. The molecule has 65 heavy (non-hydrogen) atoms. The molecule has 10 amide bonds. The van der Waals surface area contributed by atoms with Crippen LogP contribution in [0.4, 0.5) is 0 Å². The lowest BCUT2D eigenvalue weighted by Crippen LogP contribution is -2.79. The van der Waals surface area contributed by atoms with Crippen LogP contribution < -0.4 is 58.9 Å². The lowest BCUT2D eigenvalue weighted by molar-refractivity contribution is -0.143. The van der Waals surface area contributed by atoms with Crippen LogP contribution in [0.25, 0.3) is 0 Å². The molecule has 0 saturated carbocycles. The van der Waals surface area contributed by atoms with Crippen LogP contribution in [0.5, 0.6) is 0 Å². The largest absolute Gasteiger partial charge is 0.481 e. The van der Waals surface area contributed by atoms with Crippen molar-refractivity contribution in [3.8, 4) is 0 Å². The van der Waals surface area contributed by atoms with Gasteiger partial charge in [0.1, 0.15) is 11.7 Å². The second-order valence-corrected chi connectivity index (χ2v) is 14.6. The van der Waals surface area contributed by atoms with Gasteiger partial charge in [0.05, 0.1) is 62.1 Å². The van der Waals surface area contributed by atoms with Crippen molar-refractivity contribution in [3.05, 3.63) is 0 Å². The second kappa shape index (κ2) is 28.1. The molecule has 0 saturated heterocycles. The number of unbranched alkanes of at least 4 members (excludes halogenated alkanes) is 1. The van der Waals surface area contributed by atoms with Crippen LogP contribution in [-0.4, -0.2) is 158 Å². The fourth-order valence-corrected chi connectivity index (χ4v) is 6.08. The number of hydrogen-bond donors (Lipinski definition) is 15. The van der Waals surface area contributed by atoms with Gasteiger partial charge in [0, 0.05) is 34.6 Å². The van der Waals surface area contributed by atoms with Crippen molar-refractivity contribution in [2.75, 3.05) is 6.54 Å². The molecule has 0 aromatic rings. The number of hydrogen-bond acceptors (Lipinski definition) is 19. The molecule has 16 N–H and O–H groups in total. The Bertz CT molecular complexity index is 1800. The minimum absolute atomic E-state index is 0.0444. The predicted molar refractivity (Wildman–Crippen MR) is 217 cm³/mol. The number of amides is 10. The zero-order chi connectivity index (χ0) is 50.4. The normalized spacial score (nSPS) is 14.6. The van der Waals surface area contributed by atoms with Gasteiger partial charge in [-0.3, -0.25) is 110 Å². The minimum atomic E-state index is -2.48. The lowest BCUT2D eigenvalue weighted by Gasteiger charge is -2.47. The van der Waals surface area contributed by atoms with Crippen LogP contribution in [0.15, 0.2) is 0 Å². The minimum Gasteiger partial charge on any atom is -0.481 e. The molecule has 0 heterocycles. The number of rotatable bonds is 29. The van der Waals surface area contributed by atoms with E-state index in [0.717, 1.165) is 41.5 Å². The average Bonchev–Trinajstić information content (AvgIpc) is 3.12. The highest BCUT2D eigenvalue weighted by Gasteiger charge is 2.47. The molecule has 0 aliphatic rings. The molecule has 29 heteroatoms. The van der Waals surface area contributed by atoms with E-state index in [2.05, 4.69) is 31.9 Å². The molecule has 364 valence electrons. The van der Waals surface area contributed by atoms with E-state index >= 15 is 0 Å². The number of carbonyl (C=O) groups excluding carboxylic acids is 10. The SMILES string of the molecule is CC(=O)NC(=O)[C@H](CC(=O)O)NC(=O)[C@H](CCCCN)NC(C)(NC(C)=O)C(N[C@@H](CC(=O)O)C(=O)NC(C)=O)C(N[C@@H](CC(=O)O)C(=O)NC(C)=O)N[C@@H](CC(=O)O)C(=O)NC(C)=O. The topological polar surface area (TPSA) is 466 Å². The van der Waals surface area contributed by atoms with Crippen molar-refractivity contribution in [1.29, 1.82) is 0 Å². The molecule has 0 aliphatic carbocycles. The van der Waals surface area contributed by atoms with Crippen molar-refractivity contribution < 1.29 is 87.5 Å². The van der Waals surface area contributed by atoms with Crippen LogP contribution >= 0.6 is 0 Å². The van der Waals surface area contributed by atoms with E-state index in [1.807, 2.05) is 21.3 Å². The Hall–Kier alpha value is -6.82. The fraction of sp³-hybridized carbons (Fsp3) is 0.611. The summed E-state index contributed by atoms with van der Waals surface area (Å²) >= 11 is 0. The van der Waals surface area contributed by atoms with Crippen LogP contribution in [0.3, 0.4) is 0 Å². The maximum absolute atomic E-state index is 14.1. The Morgan fingerprint density at radius 3 is 1.12 bits per heavy atom. The number of imide groups is 4. The third kappa shape index (κ3) is 23.4. The molecular formula is C36H57N11O18. The molecular weight excluding hydrogens is 874 g/mol. The fourth-order valence-electron chi connectivity index (χ4n) is 6.08. The zero-order valence-corrected chi connectivity index (χ0v) is 36.3. The first-order valence-electron chi connectivity index (χ1n) is 19.5. The number of carbonyl (C=O) groups is 14. The Morgan fingerprint density at radius 2 is 0.800 bits per heavy atom. The van der Waals surface area contributed by atoms with Gasteiger partial charge >= 0.3 is 23.9 Å². The molecule has 0 aromatic carbocycles. The second-order valence-electron chi connectivity index (χ2n) is 14.6. The lowest BCUT2D eigenvalue weighted by atomic mass is 9.92. The third-order valence-electron chi connectivity index (χ3n) is 8.57. The molecule has 0 fully saturated rings. The predicted octanol–water partition coefficient (Wildman–Crippen LogP) is -6.47. The molecule has 0 aliphatic heterocycles. The van der Waals surface area contributed by atoms with Crippen molar-refractivity contribution in [1.82, 2.24) is 53.2 Å².